The average Bonchev–Trinajstić information content (AvgIpc) is 2.46. The molecule has 1 atom stereocenters. The van der Waals surface area contributed by atoms with E-state index < -0.39 is 0 Å². The first-order chi connectivity index (χ1) is 10.1. The molecule has 0 aliphatic carbocycles. The van der Waals surface area contributed by atoms with Gasteiger partial charge in [0.1, 0.15) is 5.82 Å². The molecule has 21 heavy (non-hydrogen) atoms. The zero-order valence-electron chi connectivity index (χ0n) is 12.5. The minimum absolute atomic E-state index is 0.196. The van der Waals surface area contributed by atoms with Crippen molar-refractivity contribution in [3.05, 3.63) is 69.4 Å². The molecule has 0 bridgehead atoms. The van der Waals surface area contributed by atoms with E-state index in [2.05, 4.69) is 59.4 Å². The van der Waals surface area contributed by atoms with Gasteiger partial charge in [-0.15, -0.1) is 0 Å². The topological polar surface area (TPSA) is 12.0 Å². The Morgan fingerprint density at radius 1 is 1.10 bits per heavy atom. The fourth-order valence-electron chi connectivity index (χ4n) is 2.49. The molecule has 3 heteroatoms. The number of nitrogens with one attached hydrogen (secondary N) is 1. The number of hydrogen-bond acceptors (Lipinski definition) is 1. The van der Waals surface area contributed by atoms with Gasteiger partial charge in [-0.2, -0.15) is 0 Å². The molecule has 112 valence electrons. The minimum atomic E-state index is -0.196. The zero-order valence-corrected chi connectivity index (χ0v) is 14.1. The Morgan fingerprint density at radius 2 is 1.81 bits per heavy atom. The van der Waals surface area contributed by atoms with Crippen LogP contribution < -0.4 is 5.32 Å². The van der Waals surface area contributed by atoms with Crippen molar-refractivity contribution >= 4 is 15.9 Å². The molecule has 0 amide bonds. The van der Waals surface area contributed by atoms with E-state index in [0.717, 1.165) is 24.9 Å². The lowest BCUT2D eigenvalue weighted by molar-refractivity contribution is 0.518. The van der Waals surface area contributed by atoms with E-state index in [1.54, 1.807) is 6.07 Å². The highest BCUT2D eigenvalue weighted by Gasteiger charge is 2.13. The molecule has 0 fully saturated rings. The molecule has 0 saturated carbocycles. The van der Waals surface area contributed by atoms with Crippen LogP contribution >= 0.6 is 15.9 Å². The summed E-state index contributed by atoms with van der Waals surface area (Å²) in [5, 5.41) is 3.50. The summed E-state index contributed by atoms with van der Waals surface area (Å²) >= 11 is 3.35. The SMILES string of the molecule is CCNC(Cc1ccc(C)cc1)Cc1cccc(F)c1Br. The molecule has 2 rings (SSSR count). The van der Waals surface area contributed by atoms with Crippen LogP contribution in [0.25, 0.3) is 0 Å². The molecular weight excluding hydrogens is 329 g/mol. The van der Waals surface area contributed by atoms with Gasteiger partial charge in [-0.1, -0.05) is 48.9 Å². The minimum Gasteiger partial charge on any atom is -0.314 e. The van der Waals surface area contributed by atoms with Crippen molar-refractivity contribution in [2.75, 3.05) is 6.54 Å². The Balaban J connectivity index is 2.11. The summed E-state index contributed by atoms with van der Waals surface area (Å²) < 4.78 is 14.2. The van der Waals surface area contributed by atoms with Crippen molar-refractivity contribution in [1.82, 2.24) is 5.32 Å². The summed E-state index contributed by atoms with van der Waals surface area (Å²) in [4.78, 5) is 0. The van der Waals surface area contributed by atoms with Gasteiger partial charge in [-0.05, 0) is 59.4 Å². The normalized spacial score (nSPS) is 12.4. The highest BCUT2D eigenvalue weighted by Crippen LogP contribution is 2.22. The van der Waals surface area contributed by atoms with E-state index in [1.807, 2.05) is 6.07 Å². The van der Waals surface area contributed by atoms with E-state index >= 15 is 0 Å². The van der Waals surface area contributed by atoms with Crippen LogP contribution in [-0.2, 0) is 12.8 Å². The van der Waals surface area contributed by atoms with Crippen LogP contribution in [0.3, 0.4) is 0 Å². The second kappa shape index (κ2) is 7.71. The van der Waals surface area contributed by atoms with Gasteiger partial charge < -0.3 is 5.32 Å². The van der Waals surface area contributed by atoms with Crippen LogP contribution in [-0.4, -0.2) is 12.6 Å². The number of hydrogen-bond donors (Lipinski definition) is 1. The van der Waals surface area contributed by atoms with Crippen molar-refractivity contribution in [2.45, 2.75) is 32.7 Å². The van der Waals surface area contributed by atoms with Crippen molar-refractivity contribution in [1.29, 1.82) is 0 Å². The lowest BCUT2D eigenvalue weighted by atomic mass is 9.98. The van der Waals surface area contributed by atoms with Crippen molar-refractivity contribution in [3.63, 3.8) is 0 Å². The van der Waals surface area contributed by atoms with Gasteiger partial charge in [0.25, 0.3) is 0 Å². The summed E-state index contributed by atoms with van der Waals surface area (Å²) in [5.41, 5.74) is 3.58. The molecule has 2 aromatic carbocycles. The van der Waals surface area contributed by atoms with Crippen LogP contribution in [0.5, 0.6) is 0 Å². The van der Waals surface area contributed by atoms with E-state index in [1.165, 1.54) is 17.2 Å². The van der Waals surface area contributed by atoms with E-state index in [4.69, 9.17) is 0 Å². The number of halogens is 2. The number of rotatable bonds is 6. The molecule has 2 aromatic rings. The van der Waals surface area contributed by atoms with Crippen LogP contribution in [0.15, 0.2) is 46.9 Å². The van der Waals surface area contributed by atoms with Crippen molar-refractivity contribution in [2.24, 2.45) is 0 Å². The summed E-state index contributed by atoms with van der Waals surface area (Å²) in [6.07, 6.45) is 1.75. The van der Waals surface area contributed by atoms with Crippen LogP contribution in [0.4, 0.5) is 4.39 Å². The molecule has 1 unspecified atom stereocenters. The fraction of sp³-hybridized carbons (Fsp3) is 0.333. The molecular formula is C18H21BrFN. The lowest BCUT2D eigenvalue weighted by Crippen LogP contribution is -2.33. The van der Waals surface area contributed by atoms with E-state index in [-0.39, 0.29) is 5.82 Å². The van der Waals surface area contributed by atoms with Gasteiger partial charge in [0, 0.05) is 6.04 Å². The largest absolute Gasteiger partial charge is 0.314 e. The van der Waals surface area contributed by atoms with Gasteiger partial charge in [-0.25, -0.2) is 4.39 Å². The third-order valence-electron chi connectivity index (χ3n) is 3.59. The van der Waals surface area contributed by atoms with Crippen LogP contribution in [0.1, 0.15) is 23.6 Å². The Hall–Kier alpha value is -1.19. The van der Waals surface area contributed by atoms with E-state index in [0.29, 0.717) is 10.5 Å². The van der Waals surface area contributed by atoms with E-state index in [9.17, 15) is 4.39 Å². The first-order valence-corrected chi connectivity index (χ1v) is 8.11. The quantitative estimate of drug-likeness (QED) is 0.799. The van der Waals surface area contributed by atoms with Crippen LogP contribution in [0.2, 0.25) is 0 Å². The van der Waals surface area contributed by atoms with Gasteiger partial charge in [0.15, 0.2) is 0 Å². The predicted octanol–water partition coefficient (Wildman–Crippen LogP) is 4.66. The molecule has 0 saturated heterocycles. The summed E-state index contributed by atoms with van der Waals surface area (Å²) in [6.45, 7) is 5.10. The van der Waals surface area contributed by atoms with Gasteiger partial charge in [-0.3, -0.25) is 0 Å². The Labute approximate surface area is 134 Å². The predicted molar refractivity (Wildman–Crippen MR) is 90.2 cm³/mol. The first kappa shape index (κ1) is 16.2. The van der Waals surface area contributed by atoms with Gasteiger partial charge >= 0.3 is 0 Å². The Kier molecular flexibility index (Phi) is 5.95. The van der Waals surface area contributed by atoms with Crippen molar-refractivity contribution < 1.29 is 4.39 Å². The maximum atomic E-state index is 13.6. The maximum Gasteiger partial charge on any atom is 0.137 e. The number of aryl methyl sites for hydroxylation is 1. The van der Waals surface area contributed by atoms with Crippen molar-refractivity contribution in [3.8, 4) is 0 Å². The first-order valence-electron chi connectivity index (χ1n) is 7.32. The highest BCUT2D eigenvalue weighted by molar-refractivity contribution is 9.10. The summed E-state index contributed by atoms with van der Waals surface area (Å²) in [7, 11) is 0. The third-order valence-corrected chi connectivity index (χ3v) is 4.48. The van der Waals surface area contributed by atoms with Gasteiger partial charge in [0.2, 0.25) is 0 Å². The second-order valence-corrected chi connectivity index (χ2v) is 6.15. The molecule has 0 aliphatic rings. The monoisotopic (exact) mass is 349 g/mol. The molecule has 0 spiro atoms. The zero-order chi connectivity index (χ0) is 15.2. The van der Waals surface area contributed by atoms with Crippen LogP contribution in [0, 0.1) is 12.7 Å². The smallest absolute Gasteiger partial charge is 0.137 e. The maximum absolute atomic E-state index is 13.6. The summed E-state index contributed by atoms with van der Waals surface area (Å²) in [6, 6.07) is 14.1. The van der Waals surface area contributed by atoms with Gasteiger partial charge in [0.05, 0.1) is 4.47 Å². The average molecular weight is 350 g/mol. The second-order valence-electron chi connectivity index (χ2n) is 5.36. The Bertz CT molecular complexity index is 580. The fourth-order valence-corrected chi connectivity index (χ4v) is 2.91. The Morgan fingerprint density at radius 3 is 2.48 bits per heavy atom. The molecule has 1 nitrogen and oxygen atoms in total. The summed E-state index contributed by atoms with van der Waals surface area (Å²) in [5.74, 6) is -0.196. The molecule has 0 radical (unpaired) electrons. The third kappa shape index (κ3) is 4.65. The number of benzene rings is 2. The molecule has 0 aliphatic heterocycles. The number of likely N-dealkylation sites (N-methyl/N-ethyl adjacent to an activating group) is 1. The molecule has 1 N–H and O–H groups in total. The molecule has 0 aromatic heterocycles. The highest BCUT2D eigenvalue weighted by atomic mass is 79.9. The standard InChI is InChI=1S/C18H21BrFN/c1-3-21-16(11-14-9-7-13(2)8-10-14)12-15-5-4-6-17(20)18(15)19/h4-10,16,21H,3,11-12H2,1-2H3. The molecule has 0 heterocycles. The lowest BCUT2D eigenvalue weighted by Gasteiger charge is -2.19.